The maximum atomic E-state index is 11.2. The molecule has 0 aromatic heterocycles. The largest absolute Gasteiger partial charge is 0.444 e. The van der Waals surface area contributed by atoms with Crippen LogP contribution in [0.3, 0.4) is 0 Å². The topological polar surface area (TPSA) is 35.5 Å². The summed E-state index contributed by atoms with van der Waals surface area (Å²) in [5, 5.41) is 0. The molecular weight excluding hydrogens is 216 g/mol. The molecule has 3 nitrogen and oxygen atoms in total. The molecule has 1 heterocycles. The van der Waals surface area contributed by atoms with Crippen LogP contribution in [0.15, 0.2) is 18.2 Å². The Kier molecular flexibility index (Phi) is 3.36. The van der Waals surface area contributed by atoms with Crippen molar-refractivity contribution in [3.63, 3.8) is 0 Å². The Labute approximate surface area is 102 Å². The average Bonchev–Trinajstić information content (AvgIpc) is 2.69. The summed E-state index contributed by atoms with van der Waals surface area (Å²) in [5.41, 5.74) is 1.23. The van der Waals surface area contributed by atoms with Gasteiger partial charge in [0.15, 0.2) is 11.5 Å². The number of fused-ring (bicyclic) bond motifs is 1. The number of carbonyl (C=O) groups excluding carboxylic acids is 1. The standard InChI is InChI=1S/C14H18O3/c1-9(2)4-5-11-6-7-12-13(8-11)17-14(16-12)10(3)15/h6-9,14H,4-5H2,1-3H3. The first-order valence-electron chi connectivity index (χ1n) is 6.03. The Bertz CT molecular complexity index is 423. The third-order valence-corrected chi connectivity index (χ3v) is 2.82. The van der Waals surface area contributed by atoms with Gasteiger partial charge in [0.2, 0.25) is 5.78 Å². The first kappa shape index (κ1) is 12.0. The number of hydrogen-bond donors (Lipinski definition) is 0. The number of carbonyl (C=O) groups is 1. The highest BCUT2D eigenvalue weighted by Crippen LogP contribution is 2.35. The van der Waals surface area contributed by atoms with Crippen LogP contribution < -0.4 is 9.47 Å². The van der Waals surface area contributed by atoms with Crippen LogP contribution in [0.1, 0.15) is 32.8 Å². The number of ketones is 1. The van der Waals surface area contributed by atoms with Gasteiger partial charge >= 0.3 is 6.29 Å². The highest BCUT2D eigenvalue weighted by molar-refractivity contribution is 5.80. The molecule has 0 saturated carbocycles. The minimum atomic E-state index is -0.759. The number of Topliss-reactive ketones (excluding diaryl/α,β-unsaturated/α-hetero) is 1. The van der Waals surface area contributed by atoms with Crippen LogP contribution in [0.25, 0.3) is 0 Å². The summed E-state index contributed by atoms with van der Waals surface area (Å²) in [6, 6.07) is 5.89. The van der Waals surface area contributed by atoms with Crippen molar-refractivity contribution in [2.75, 3.05) is 0 Å². The van der Waals surface area contributed by atoms with Crippen molar-refractivity contribution in [3.05, 3.63) is 23.8 Å². The molecule has 0 fully saturated rings. The minimum absolute atomic E-state index is 0.107. The Morgan fingerprint density at radius 3 is 2.65 bits per heavy atom. The summed E-state index contributed by atoms with van der Waals surface area (Å²) in [7, 11) is 0. The molecule has 0 spiro atoms. The van der Waals surface area contributed by atoms with Gasteiger partial charge in [-0.3, -0.25) is 4.79 Å². The zero-order valence-corrected chi connectivity index (χ0v) is 10.5. The molecule has 3 heteroatoms. The quantitative estimate of drug-likeness (QED) is 0.803. The van der Waals surface area contributed by atoms with Crippen LogP contribution in [0, 0.1) is 5.92 Å². The fourth-order valence-electron chi connectivity index (χ4n) is 1.77. The molecule has 0 radical (unpaired) electrons. The molecular formula is C14H18O3. The van der Waals surface area contributed by atoms with Gasteiger partial charge < -0.3 is 9.47 Å². The van der Waals surface area contributed by atoms with Crippen LogP contribution in [-0.4, -0.2) is 12.1 Å². The molecule has 0 saturated heterocycles. The maximum Gasteiger partial charge on any atom is 0.300 e. The van der Waals surface area contributed by atoms with E-state index in [1.807, 2.05) is 18.2 Å². The van der Waals surface area contributed by atoms with Gasteiger partial charge in [-0.2, -0.15) is 0 Å². The average molecular weight is 234 g/mol. The molecule has 1 aliphatic heterocycles. The second kappa shape index (κ2) is 4.78. The monoisotopic (exact) mass is 234 g/mol. The number of aryl methyl sites for hydroxylation is 1. The lowest BCUT2D eigenvalue weighted by molar-refractivity contribution is -0.132. The molecule has 1 aromatic carbocycles. The smallest absolute Gasteiger partial charge is 0.300 e. The van der Waals surface area contributed by atoms with E-state index >= 15 is 0 Å². The lowest BCUT2D eigenvalue weighted by Crippen LogP contribution is -2.26. The van der Waals surface area contributed by atoms with E-state index in [-0.39, 0.29) is 5.78 Å². The summed E-state index contributed by atoms with van der Waals surface area (Å²) in [6.45, 7) is 5.88. The van der Waals surface area contributed by atoms with Crippen LogP contribution in [0.4, 0.5) is 0 Å². The highest BCUT2D eigenvalue weighted by atomic mass is 16.7. The van der Waals surface area contributed by atoms with Gasteiger partial charge in [0.05, 0.1) is 0 Å². The van der Waals surface area contributed by atoms with E-state index in [2.05, 4.69) is 13.8 Å². The molecule has 1 atom stereocenters. The second-order valence-corrected chi connectivity index (χ2v) is 4.89. The molecule has 0 aliphatic carbocycles. The van der Waals surface area contributed by atoms with Crippen molar-refractivity contribution in [2.45, 2.75) is 39.9 Å². The van der Waals surface area contributed by atoms with Crippen LogP contribution >= 0.6 is 0 Å². The van der Waals surface area contributed by atoms with Crippen LogP contribution in [-0.2, 0) is 11.2 Å². The summed E-state index contributed by atoms with van der Waals surface area (Å²) < 4.78 is 10.8. The molecule has 0 bridgehead atoms. The Morgan fingerprint density at radius 2 is 2.00 bits per heavy atom. The zero-order chi connectivity index (χ0) is 12.4. The van der Waals surface area contributed by atoms with Gasteiger partial charge in [0.1, 0.15) is 0 Å². The van der Waals surface area contributed by atoms with Crippen LogP contribution in [0.2, 0.25) is 0 Å². The summed E-state index contributed by atoms with van der Waals surface area (Å²) >= 11 is 0. The lowest BCUT2D eigenvalue weighted by Gasteiger charge is -2.05. The Morgan fingerprint density at radius 1 is 1.29 bits per heavy atom. The summed E-state index contributed by atoms with van der Waals surface area (Å²) in [4.78, 5) is 11.2. The van der Waals surface area contributed by atoms with Gasteiger partial charge in [-0.1, -0.05) is 19.9 Å². The second-order valence-electron chi connectivity index (χ2n) is 4.89. The fraction of sp³-hybridized carbons (Fsp3) is 0.500. The van der Waals surface area contributed by atoms with Crippen molar-refractivity contribution in [2.24, 2.45) is 5.92 Å². The van der Waals surface area contributed by atoms with Crippen LogP contribution in [0.5, 0.6) is 11.5 Å². The number of ether oxygens (including phenoxy) is 2. The van der Waals surface area contributed by atoms with Gasteiger partial charge in [0.25, 0.3) is 0 Å². The van der Waals surface area contributed by atoms with Gasteiger partial charge in [0, 0.05) is 6.92 Å². The number of hydrogen-bond acceptors (Lipinski definition) is 3. The first-order valence-corrected chi connectivity index (χ1v) is 6.03. The predicted octanol–water partition coefficient (Wildman–Crippen LogP) is 2.96. The third kappa shape index (κ3) is 2.78. The molecule has 17 heavy (non-hydrogen) atoms. The highest BCUT2D eigenvalue weighted by Gasteiger charge is 2.27. The zero-order valence-electron chi connectivity index (χ0n) is 10.5. The predicted molar refractivity (Wildman–Crippen MR) is 65.3 cm³/mol. The van der Waals surface area contributed by atoms with E-state index in [1.165, 1.54) is 12.5 Å². The van der Waals surface area contributed by atoms with Crippen molar-refractivity contribution in [1.29, 1.82) is 0 Å². The van der Waals surface area contributed by atoms with E-state index < -0.39 is 6.29 Å². The number of rotatable bonds is 4. The van der Waals surface area contributed by atoms with Crippen molar-refractivity contribution < 1.29 is 14.3 Å². The molecule has 92 valence electrons. The van der Waals surface area contributed by atoms with Gasteiger partial charge in [-0.05, 0) is 36.5 Å². The molecule has 0 N–H and O–H groups in total. The van der Waals surface area contributed by atoms with Gasteiger partial charge in [-0.25, -0.2) is 0 Å². The molecule has 0 amide bonds. The number of benzene rings is 1. The fourth-order valence-corrected chi connectivity index (χ4v) is 1.77. The van der Waals surface area contributed by atoms with Crippen molar-refractivity contribution in [3.8, 4) is 11.5 Å². The minimum Gasteiger partial charge on any atom is -0.444 e. The van der Waals surface area contributed by atoms with E-state index in [4.69, 9.17) is 9.47 Å². The molecule has 1 aliphatic rings. The third-order valence-electron chi connectivity index (χ3n) is 2.82. The lowest BCUT2D eigenvalue weighted by atomic mass is 10.0. The normalized spacial score (nSPS) is 17.5. The van der Waals surface area contributed by atoms with Gasteiger partial charge in [-0.15, -0.1) is 0 Å². The van der Waals surface area contributed by atoms with E-state index in [1.54, 1.807) is 0 Å². The van der Waals surface area contributed by atoms with Crippen molar-refractivity contribution in [1.82, 2.24) is 0 Å². The van der Waals surface area contributed by atoms with E-state index in [0.717, 1.165) is 12.8 Å². The molecule has 1 aromatic rings. The Hall–Kier alpha value is -1.51. The summed E-state index contributed by atoms with van der Waals surface area (Å²) in [5.74, 6) is 1.93. The maximum absolute atomic E-state index is 11.2. The molecule has 1 unspecified atom stereocenters. The SMILES string of the molecule is CC(=O)C1Oc2ccc(CCC(C)C)cc2O1. The van der Waals surface area contributed by atoms with E-state index in [0.29, 0.717) is 17.4 Å². The summed E-state index contributed by atoms with van der Waals surface area (Å²) in [6.07, 6.45) is 1.42. The van der Waals surface area contributed by atoms with E-state index in [9.17, 15) is 4.79 Å². The molecule has 2 rings (SSSR count). The van der Waals surface area contributed by atoms with Crippen molar-refractivity contribution >= 4 is 5.78 Å². The first-order chi connectivity index (χ1) is 8.06. The Balaban J connectivity index is 2.07.